The first kappa shape index (κ1) is 23.7. The van der Waals surface area contributed by atoms with E-state index in [4.69, 9.17) is 6.57 Å². The molecule has 186 valence electrons. The van der Waals surface area contributed by atoms with Crippen LogP contribution >= 0.6 is 0 Å². The zero-order chi connectivity index (χ0) is 26.2. The summed E-state index contributed by atoms with van der Waals surface area (Å²) in [6.07, 6.45) is -9.55. The van der Waals surface area contributed by atoms with Crippen LogP contribution in [0.3, 0.4) is 0 Å². The number of hydrogen-bond acceptors (Lipinski definition) is 3. The number of rotatable bonds is 2. The van der Waals surface area contributed by atoms with Gasteiger partial charge in [-0.2, -0.15) is 26.3 Å². The fourth-order valence-corrected chi connectivity index (χ4v) is 5.19. The minimum absolute atomic E-state index is 0.122. The number of nitrogens with zero attached hydrogens (tertiary/aromatic N) is 4. The average Bonchev–Trinajstić information content (AvgIpc) is 3.48. The number of alkyl halides is 6. The van der Waals surface area contributed by atoms with E-state index in [-0.39, 0.29) is 18.7 Å². The summed E-state index contributed by atoms with van der Waals surface area (Å²) in [4.78, 5) is 45.1. The normalized spacial score (nSPS) is 23.4. The van der Waals surface area contributed by atoms with E-state index in [0.29, 0.717) is 11.0 Å². The van der Waals surface area contributed by atoms with Crippen molar-refractivity contribution in [2.24, 2.45) is 0 Å². The van der Waals surface area contributed by atoms with Crippen molar-refractivity contribution in [3.05, 3.63) is 70.6 Å². The molecule has 2 bridgehead atoms. The summed E-state index contributed by atoms with van der Waals surface area (Å²) < 4.78 is 80.6. The topological polar surface area (TPSA) is 65.3 Å². The number of benzene rings is 2. The molecule has 36 heavy (non-hydrogen) atoms. The van der Waals surface area contributed by atoms with Crippen LogP contribution in [0.25, 0.3) is 4.85 Å². The Kier molecular flexibility index (Phi) is 5.07. The van der Waals surface area contributed by atoms with Crippen molar-refractivity contribution in [2.45, 2.75) is 36.9 Å². The second-order valence-electron chi connectivity index (χ2n) is 8.58. The largest absolute Gasteiger partial charge is 0.417 e. The molecule has 0 saturated carbocycles. The number of anilines is 1. The van der Waals surface area contributed by atoms with E-state index >= 15 is 0 Å². The SMILES string of the molecule is [C-]#[N+]c1ccc(N2C(=O)[C@H]3[C@H]4CC(CN4C(=O)c4ccccc4C(F)(F)F)N3C2=O)cc1C(F)(F)F. The lowest BCUT2D eigenvalue weighted by atomic mass is 10.0. The van der Waals surface area contributed by atoms with Crippen molar-refractivity contribution in [1.82, 2.24) is 9.80 Å². The van der Waals surface area contributed by atoms with Crippen molar-refractivity contribution in [1.29, 1.82) is 0 Å². The second kappa shape index (κ2) is 7.71. The summed E-state index contributed by atoms with van der Waals surface area (Å²) in [7, 11) is 0. The van der Waals surface area contributed by atoms with Crippen LogP contribution in [-0.2, 0) is 17.1 Å². The van der Waals surface area contributed by atoms with Crippen LogP contribution in [0.2, 0.25) is 0 Å². The Bertz CT molecular complexity index is 1350. The number of fused-ring (bicyclic) bond motifs is 5. The molecule has 3 atom stereocenters. The maximum atomic E-state index is 13.4. The standard InChI is InChI=1S/C23H14F6N4O3/c1-30-16-7-6-11(8-15(16)23(27,28)29)33-20(35)18-17-9-12(32(18)21(33)36)10-31(17)19(34)13-4-2-3-5-14(13)22(24,25)26/h2-8,12,17-18H,9-10H2/t12?,17-,18-/m1/s1. The molecule has 1 unspecified atom stereocenters. The van der Waals surface area contributed by atoms with Gasteiger partial charge in [-0.05, 0) is 30.7 Å². The number of hydrogen-bond donors (Lipinski definition) is 0. The van der Waals surface area contributed by atoms with Gasteiger partial charge in [0.05, 0.1) is 41.0 Å². The Morgan fingerprint density at radius 3 is 2.28 bits per heavy atom. The van der Waals surface area contributed by atoms with Gasteiger partial charge in [-0.25, -0.2) is 14.5 Å². The van der Waals surface area contributed by atoms with E-state index in [9.17, 15) is 40.7 Å². The van der Waals surface area contributed by atoms with Gasteiger partial charge < -0.3 is 9.80 Å². The number of urea groups is 1. The smallest absolute Gasteiger partial charge is 0.331 e. The Morgan fingerprint density at radius 1 is 0.972 bits per heavy atom. The summed E-state index contributed by atoms with van der Waals surface area (Å²) in [5, 5.41) is 0. The monoisotopic (exact) mass is 508 g/mol. The highest BCUT2D eigenvalue weighted by atomic mass is 19.4. The molecule has 0 N–H and O–H groups in total. The number of amides is 4. The van der Waals surface area contributed by atoms with Crippen LogP contribution < -0.4 is 4.90 Å². The molecule has 3 saturated heterocycles. The number of halogens is 6. The Balaban J connectivity index is 1.47. The molecule has 4 amide bonds. The predicted molar refractivity (Wildman–Crippen MR) is 111 cm³/mol. The van der Waals surface area contributed by atoms with Crippen LogP contribution in [0.1, 0.15) is 27.9 Å². The van der Waals surface area contributed by atoms with Gasteiger partial charge in [0.15, 0.2) is 5.69 Å². The lowest BCUT2D eigenvalue weighted by molar-refractivity contribution is -0.138. The molecule has 3 heterocycles. The molecule has 2 aromatic rings. The maximum absolute atomic E-state index is 13.4. The van der Waals surface area contributed by atoms with Gasteiger partial charge in [-0.15, -0.1) is 0 Å². The van der Waals surface area contributed by atoms with Gasteiger partial charge in [-0.1, -0.05) is 18.2 Å². The molecule has 2 aromatic carbocycles. The molecule has 7 nitrogen and oxygen atoms in total. The molecule has 0 aromatic heterocycles. The van der Waals surface area contributed by atoms with Gasteiger partial charge in [0.1, 0.15) is 6.04 Å². The first-order valence-electron chi connectivity index (χ1n) is 10.6. The van der Waals surface area contributed by atoms with Crippen LogP contribution in [0.5, 0.6) is 0 Å². The highest BCUT2D eigenvalue weighted by Crippen LogP contribution is 2.45. The Morgan fingerprint density at radius 2 is 1.64 bits per heavy atom. The highest BCUT2D eigenvalue weighted by molar-refractivity contribution is 6.22. The first-order valence-corrected chi connectivity index (χ1v) is 10.6. The van der Waals surface area contributed by atoms with Gasteiger partial charge in [0.2, 0.25) is 0 Å². The molecule has 5 rings (SSSR count). The molecule has 0 spiro atoms. The Labute approximate surface area is 199 Å². The summed E-state index contributed by atoms with van der Waals surface area (Å²) in [5.74, 6) is -1.84. The molecular weight excluding hydrogens is 494 g/mol. The third kappa shape index (κ3) is 3.39. The molecular formula is C23H14F6N4O3. The van der Waals surface area contributed by atoms with Crippen molar-refractivity contribution in [3.63, 3.8) is 0 Å². The summed E-state index contributed by atoms with van der Waals surface area (Å²) in [6, 6.07) is 2.91. The first-order chi connectivity index (χ1) is 16.8. The number of carbonyl (C=O) groups is 3. The highest BCUT2D eigenvalue weighted by Gasteiger charge is 2.63. The van der Waals surface area contributed by atoms with E-state index in [1.165, 1.54) is 11.0 Å². The average molecular weight is 508 g/mol. The quantitative estimate of drug-likeness (QED) is 0.336. The summed E-state index contributed by atoms with van der Waals surface area (Å²) in [6.45, 7) is 6.81. The molecule has 3 aliphatic rings. The van der Waals surface area contributed by atoms with Crippen molar-refractivity contribution in [2.75, 3.05) is 11.4 Å². The molecule has 13 heteroatoms. The number of piperazine rings is 1. The zero-order valence-corrected chi connectivity index (χ0v) is 18.0. The van der Waals surface area contributed by atoms with E-state index in [0.717, 1.165) is 35.2 Å². The fraction of sp³-hybridized carbons (Fsp3) is 0.304. The second-order valence-corrected chi connectivity index (χ2v) is 8.58. The Hall–Kier alpha value is -4.08. The lowest BCUT2D eigenvalue weighted by Gasteiger charge is -2.35. The van der Waals surface area contributed by atoms with Crippen molar-refractivity contribution >= 4 is 29.2 Å². The number of imide groups is 1. The number of carbonyl (C=O) groups excluding carboxylic acids is 3. The molecule has 3 fully saturated rings. The fourth-order valence-electron chi connectivity index (χ4n) is 5.19. The van der Waals surface area contributed by atoms with Crippen LogP contribution in [0.15, 0.2) is 42.5 Å². The van der Waals surface area contributed by atoms with E-state index in [1.54, 1.807) is 0 Å². The maximum Gasteiger partial charge on any atom is 0.417 e. The minimum Gasteiger partial charge on any atom is -0.331 e. The minimum atomic E-state index is -4.91. The van der Waals surface area contributed by atoms with E-state index < -0.39 is 70.7 Å². The molecule has 0 aliphatic carbocycles. The third-order valence-corrected chi connectivity index (χ3v) is 6.65. The molecule has 0 radical (unpaired) electrons. The van der Waals surface area contributed by atoms with Gasteiger partial charge in [0.25, 0.3) is 11.8 Å². The van der Waals surface area contributed by atoms with Crippen LogP contribution in [0, 0.1) is 6.57 Å². The van der Waals surface area contributed by atoms with Gasteiger partial charge >= 0.3 is 18.4 Å². The van der Waals surface area contributed by atoms with Crippen LogP contribution in [-0.4, -0.2) is 52.3 Å². The summed E-state index contributed by atoms with van der Waals surface area (Å²) >= 11 is 0. The van der Waals surface area contributed by atoms with Crippen molar-refractivity contribution in [3.8, 4) is 0 Å². The van der Waals surface area contributed by atoms with Crippen LogP contribution in [0.4, 0.5) is 42.5 Å². The number of likely N-dealkylation sites (tertiary alicyclic amines) is 1. The van der Waals surface area contributed by atoms with Gasteiger partial charge in [-0.3, -0.25) is 9.59 Å². The van der Waals surface area contributed by atoms with Crippen molar-refractivity contribution < 1.29 is 40.7 Å². The third-order valence-electron chi connectivity index (χ3n) is 6.65. The summed E-state index contributed by atoms with van der Waals surface area (Å²) in [5.41, 5.74) is -4.14. The van der Waals surface area contributed by atoms with E-state index in [1.807, 2.05) is 0 Å². The molecule has 3 aliphatic heterocycles. The lowest BCUT2D eigenvalue weighted by Crippen LogP contribution is -2.55. The predicted octanol–water partition coefficient (Wildman–Crippen LogP) is 4.71. The van der Waals surface area contributed by atoms with Gasteiger partial charge in [0, 0.05) is 6.54 Å². The zero-order valence-electron chi connectivity index (χ0n) is 18.0. The van der Waals surface area contributed by atoms with E-state index in [2.05, 4.69) is 4.85 Å².